The lowest BCUT2D eigenvalue weighted by Crippen LogP contribution is -2.45. The van der Waals surface area contributed by atoms with Crippen molar-refractivity contribution in [2.24, 2.45) is 5.92 Å². The lowest BCUT2D eigenvalue weighted by Gasteiger charge is -2.37. The van der Waals surface area contributed by atoms with Crippen LogP contribution >= 0.6 is 0 Å². The summed E-state index contributed by atoms with van der Waals surface area (Å²) in [4.78, 5) is 12.7. The van der Waals surface area contributed by atoms with Gasteiger partial charge in [-0.25, -0.2) is 4.79 Å². The fourth-order valence-electron chi connectivity index (χ4n) is 3.82. The third kappa shape index (κ3) is 2.75. The van der Waals surface area contributed by atoms with Crippen molar-refractivity contribution in [1.29, 1.82) is 0 Å². The number of ether oxygens (including phenoxy) is 1. The highest BCUT2D eigenvalue weighted by molar-refractivity contribution is 5.92. The zero-order valence-corrected chi connectivity index (χ0v) is 14.0. The summed E-state index contributed by atoms with van der Waals surface area (Å²) in [7, 11) is 0. The summed E-state index contributed by atoms with van der Waals surface area (Å²) < 4.78 is 5.18. The fraction of sp³-hybridized carbons (Fsp3) is 0.450. The Kier molecular flexibility index (Phi) is 4.76. The number of aromatic hydroxyl groups is 1. The number of carbonyl (C=O) groups excluding carboxylic acids is 1. The largest absolute Gasteiger partial charge is 0.507 e. The molecule has 1 unspecified atom stereocenters. The Morgan fingerprint density at radius 1 is 1.17 bits per heavy atom. The molecule has 0 aliphatic heterocycles. The van der Waals surface area contributed by atoms with E-state index in [1.807, 2.05) is 24.3 Å². The first-order valence-electron chi connectivity index (χ1n) is 8.69. The molecule has 0 spiro atoms. The van der Waals surface area contributed by atoms with Gasteiger partial charge in [-0.2, -0.15) is 0 Å². The van der Waals surface area contributed by atoms with Gasteiger partial charge < -0.3 is 14.9 Å². The summed E-state index contributed by atoms with van der Waals surface area (Å²) in [6.07, 6.45) is 4.56. The zero-order chi connectivity index (χ0) is 17.2. The minimum atomic E-state index is -1.80. The van der Waals surface area contributed by atoms with Crippen molar-refractivity contribution in [2.45, 2.75) is 44.6 Å². The highest BCUT2D eigenvalue weighted by Crippen LogP contribution is 2.45. The third-order valence-corrected chi connectivity index (χ3v) is 5.09. The van der Waals surface area contributed by atoms with E-state index in [1.54, 1.807) is 19.1 Å². The minimum Gasteiger partial charge on any atom is -0.507 e. The summed E-state index contributed by atoms with van der Waals surface area (Å²) in [6.45, 7) is 1.92. The van der Waals surface area contributed by atoms with E-state index in [9.17, 15) is 15.0 Å². The molecule has 2 aromatic rings. The molecule has 2 N–H and O–H groups in total. The molecular weight excluding hydrogens is 304 g/mol. The van der Waals surface area contributed by atoms with Crippen LogP contribution in [0.15, 0.2) is 36.4 Å². The smallest absolute Gasteiger partial charge is 0.343 e. The van der Waals surface area contributed by atoms with E-state index < -0.39 is 11.6 Å². The Morgan fingerprint density at radius 2 is 1.88 bits per heavy atom. The molecule has 1 saturated carbocycles. The summed E-state index contributed by atoms with van der Waals surface area (Å²) in [5, 5.41) is 23.7. The molecule has 1 aliphatic carbocycles. The summed E-state index contributed by atoms with van der Waals surface area (Å²) in [6, 6.07) is 10.9. The van der Waals surface area contributed by atoms with Crippen molar-refractivity contribution >= 4 is 16.7 Å². The number of benzene rings is 2. The van der Waals surface area contributed by atoms with Crippen molar-refractivity contribution in [1.82, 2.24) is 0 Å². The molecule has 0 radical (unpaired) electrons. The van der Waals surface area contributed by atoms with Gasteiger partial charge in [-0.3, -0.25) is 0 Å². The second kappa shape index (κ2) is 6.81. The average Bonchev–Trinajstić information content (AvgIpc) is 2.62. The van der Waals surface area contributed by atoms with Crippen molar-refractivity contribution in [2.75, 3.05) is 6.61 Å². The molecule has 1 fully saturated rings. The predicted octanol–water partition coefficient (Wildman–Crippen LogP) is 3.88. The SMILES string of the molecule is CCOC(=O)C(O)(c1ccc2ccccc2c1O)C1CCCCC1. The number of rotatable bonds is 4. The van der Waals surface area contributed by atoms with Gasteiger partial charge in [-0.15, -0.1) is 0 Å². The molecule has 4 heteroatoms. The normalized spacial score (nSPS) is 18.2. The van der Waals surface area contributed by atoms with Gasteiger partial charge in [0.05, 0.1) is 6.61 Å². The van der Waals surface area contributed by atoms with Gasteiger partial charge in [-0.1, -0.05) is 55.7 Å². The summed E-state index contributed by atoms with van der Waals surface area (Å²) in [5.74, 6) is -0.936. The number of hydrogen-bond acceptors (Lipinski definition) is 4. The number of fused-ring (bicyclic) bond motifs is 1. The molecular formula is C20H24O4. The lowest BCUT2D eigenvalue weighted by molar-refractivity contribution is -0.175. The Hall–Kier alpha value is -2.07. The first-order chi connectivity index (χ1) is 11.6. The highest BCUT2D eigenvalue weighted by atomic mass is 16.5. The molecule has 0 saturated heterocycles. The standard InChI is InChI=1S/C20H24O4/c1-2-24-19(22)20(23,15-9-4-3-5-10-15)17-13-12-14-8-6-7-11-16(14)18(17)21/h6-8,11-13,15,21,23H,2-5,9-10H2,1H3. The molecule has 0 aromatic heterocycles. The Morgan fingerprint density at radius 3 is 2.58 bits per heavy atom. The van der Waals surface area contributed by atoms with Crippen LogP contribution in [0.3, 0.4) is 0 Å². The Labute approximate surface area is 142 Å². The molecule has 1 atom stereocenters. The topological polar surface area (TPSA) is 66.8 Å². The number of esters is 1. The van der Waals surface area contributed by atoms with Crippen molar-refractivity contribution in [3.8, 4) is 5.75 Å². The Balaban J connectivity index is 2.14. The first kappa shape index (κ1) is 16.8. The third-order valence-electron chi connectivity index (χ3n) is 5.09. The summed E-state index contributed by atoms with van der Waals surface area (Å²) in [5.41, 5.74) is -1.54. The number of hydrogen-bond donors (Lipinski definition) is 2. The molecule has 1 aliphatic rings. The van der Waals surface area contributed by atoms with Gasteiger partial charge in [0.1, 0.15) is 5.75 Å². The van der Waals surface area contributed by atoms with Crippen molar-refractivity contribution < 1.29 is 19.7 Å². The van der Waals surface area contributed by atoms with Gasteiger partial charge in [0.25, 0.3) is 0 Å². The van der Waals surface area contributed by atoms with Crippen LogP contribution in [-0.2, 0) is 15.1 Å². The van der Waals surface area contributed by atoms with Crippen LogP contribution in [0.2, 0.25) is 0 Å². The Bertz CT molecular complexity index is 733. The number of phenolic OH excluding ortho intramolecular Hbond substituents is 1. The van der Waals surface area contributed by atoms with E-state index in [2.05, 4.69) is 0 Å². The molecule has 0 heterocycles. The predicted molar refractivity (Wildman–Crippen MR) is 92.7 cm³/mol. The molecule has 24 heavy (non-hydrogen) atoms. The monoisotopic (exact) mass is 328 g/mol. The highest BCUT2D eigenvalue weighted by Gasteiger charge is 2.48. The van der Waals surface area contributed by atoms with Crippen LogP contribution in [-0.4, -0.2) is 22.8 Å². The van der Waals surface area contributed by atoms with Crippen LogP contribution in [0.4, 0.5) is 0 Å². The second-order valence-corrected chi connectivity index (χ2v) is 6.50. The number of aliphatic hydroxyl groups is 1. The first-order valence-corrected chi connectivity index (χ1v) is 8.69. The van der Waals surface area contributed by atoms with Crippen LogP contribution in [0.1, 0.15) is 44.6 Å². The average molecular weight is 328 g/mol. The molecule has 3 rings (SSSR count). The molecule has 0 amide bonds. The minimum absolute atomic E-state index is 0.0331. The van der Waals surface area contributed by atoms with Crippen LogP contribution < -0.4 is 0 Å². The van der Waals surface area contributed by atoms with Gasteiger partial charge in [0.15, 0.2) is 5.60 Å². The lowest BCUT2D eigenvalue weighted by atomic mass is 9.72. The van der Waals surface area contributed by atoms with Crippen molar-refractivity contribution in [3.05, 3.63) is 42.0 Å². The van der Waals surface area contributed by atoms with Gasteiger partial charge in [-0.05, 0) is 25.2 Å². The fourth-order valence-corrected chi connectivity index (χ4v) is 3.82. The van der Waals surface area contributed by atoms with E-state index in [4.69, 9.17) is 4.74 Å². The summed E-state index contributed by atoms with van der Waals surface area (Å²) >= 11 is 0. The molecule has 4 nitrogen and oxygen atoms in total. The number of phenols is 1. The molecule has 2 aromatic carbocycles. The van der Waals surface area contributed by atoms with E-state index in [0.717, 1.165) is 37.5 Å². The second-order valence-electron chi connectivity index (χ2n) is 6.50. The maximum absolute atomic E-state index is 12.7. The number of carbonyl (C=O) groups is 1. The van der Waals surface area contributed by atoms with Gasteiger partial charge in [0.2, 0.25) is 0 Å². The van der Waals surface area contributed by atoms with Gasteiger partial charge >= 0.3 is 5.97 Å². The van der Waals surface area contributed by atoms with Crippen LogP contribution in [0.25, 0.3) is 10.8 Å². The van der Waals surface area contributed by atoms with Gasteiger partial charge in [0, 0.05) is 16.9 Å². The quantitative estimate of drug-likeness (QED) is 0.836. The van der Waals surface area contributed by atoms with E-state index in [0.29, 0.717) is 5.39 Å². The molecule has 0 bridgehead atoms. The maximum atomic E-state index is 12.7. The van der Waals surface area contributed by atoms with Crippen LogP contribution in [0, 0.1) is 5.92 Å². The zero-order valence-electron chi connectivity index (χ0n) is 14.0. The van der Waals surface area contributed by atoms with E-state index in [-0.39, 0.29) is 23.8 Å². The van der Waals surface area contributed by atoms with E-state index in [1.165, 1.54) is 0 Å². The molecule has 128 valence electrons. The maximum Gasteiger partial charge on any atom is 0.343 e. The van der Waals surface area contributed by atoms with Crippen molar-refractivity contribution in [3.63, 3.8) is 0 Å². The van der Waals surface area contributed by atoms with E-state index >= 15 is 0 Å². The van der Waals surface area contributed by atoms with Crippen LogP contribution in [0.5, 0.6) is 5.75 Å².